The predicted octanol–water partition coefficient (Wildman–Crippen LogP) is 3.58. The molecule has 2 aromatic rings. The van der Waals surface area contributed by atoms with E-state index >= 15 is 0 Å². The maximum absolute atomic E-state index is 12.0. The first-order valence-corrected chi connectivity index (χ1v) is 8.11. The molecule has 0 radical (unpaired) electrons. The maximum atomic E-state index is 12.0. The minimum atomic E-state index is -1.17. The van der Waals surface area contributed by atoms with Gasteiger partial charge < -0.3 is 0 Å². The van der Waals surface area contributed by atoms with E-state index in [1.807, 2.05) is 42.5 Å². The van der Waals surface area contributed by atoms with Crippen molar-refractivity contribution in [2.24, 2.45) is 0 Å². The highest BCUT2D eigenvalue weighted by molar-refractivity contribution is 9.10. The second-order valence-electron chi connectivity index (χ2n) is 4.14. The van der Waals surface area contributed by atoms with Crippen molar-refractivity contribution in [3.63, 3.8) is 0 Å². The third-order valence-corrected chi connectivity index (χ3v) is 4.40. The normalized spacial score (nSPS) is 12.1. The summed E-state index contributed by atoms with van der Waals surface area (Å²) >= 11 is 3.35. The van der Waals surface area contributed by atoms with Gasteiger partial charge in [-0.05, 0) is 17.7 Å². The van der Waals surface area contributed by atoms with Gasteiger partial charge in [-0.15, -0.1) is 0 Å². The smallest absolute Gasteiger partial charge is 0.175 e. The number of hydrogen-bond donors (Lipinski definition) is 0. The molecule has 2 rings (SSSR count). The van der Waals surface area contributed by atoms with Gasteiger partial charge in [0.2, 0.25) is 0 Å². The lowest BCUT2D eigenvalue weighted by Gasteiger charge is -2.03. The van der Waals surface area contributed by atoms with Gasteiger partial charge in [-0.3, -0.25) is 9.00 Å². The fourth-order valence-electron chi connectivity index (χ4n) is 1.67. The molecule has 0 heterocycles. The molecule has 0 bridgehead atoms. The average Bonchev–Trinajstić information content (AvgIpc) is 2.42. The van der Waals surface area contributed by atoms with Crippen molar-refractivity contribution in [3.8, 4) is 0 Å². The van der Waals surface area contributed by atoms with Crippen molar-refractivity contribution < 1.29 is 9.00 Å². The zero-order valence-electron chi connectivity index (χ0n) is 10.2. The Balaban J connectivity index is 1.95. The third-order valence-electron chi connectivity index (χ3n) is 2.63. The molecule has 1 atom stereocenters. The lowest BCUT2D eigenvalue weighted by Crippen LogP contribution is -2.12. The Kier molecular flexibility index (Phi) is 5.05. The molecule has 2 nitrogen and oxygen atoms in total. The molecule has 0 saturated heterocycles. The minimum Gasteiger partial charge on any atom is -0.293 e. The van der Waals surface area contributed by atoms with Crippen LogP contribution < -0.4 is 0 Å². The van der Waals surface area contributed by atoms with E-state index in [-0.39, 0.29) is 11.5 Å². The Morgan fingerprint density at radius 3 is 2.26 bits per heavy atom. The van der Waals surface area contributed by atoms with Gasteiger partial charge in [-0.2, -0.15) is 0 Å². The molecule has 0 aliphatic rings. The summed E-state index contributed by atoms with van der Waals surface area (Å²) in [5, 5.41) is 0. The Bertz CT molecular complexity index is 579. The summed E-state index contributed by atoms with van der Waals surface area (Å²) in [6, 6.07) is 16.6. The molecular weight excluding hydrogens is 324 g/mol. The molecule has 4 heteroatoms. The summed E-state index contributed by atoms with van der Waals surface area (Å²) in [7, 11) is -1.17. The van der Waals surface area contributed by atoms with Crippen LogP contribution >= 0.6 is 15.9 Å². The van der Waals surface area contributed by atoms with Gasteiger partial charge in [0.1, 0.15) is 0 Å². The third kappa shape index (κ3) is 4.40. The monoisotopic (exact) mass is 336 g/mol. The molecule has 98 valence electrons. The second-order valence-corrected chi connectivity index (χ2v) is 6.52. The van der Waals surface area contributed by atoms with Crippen molar-refractivity contribution in [2.45, 2.75) is 5.75 Å². The number of hydrogen-bond acceptors (Lipinski definition) is 2. The van der Waals surface area contributed by atoms with E-state index in [0.29, 0.717) is 11.3 Å². The molecule has 0 aromatic heterocycles. The Labute approximate surface area is 123 Å². The van der Waals surface area contributed by atoms with Crippen LogP contribution in [0.3, 0.4) is 0 Å². The van der Waals surface area contributed by atoms with Gasteiger partial charge in [0, 0.05) is 26.6 Å². The summed E-state index contributed by atoms with van der Waals surface area (Å²) in [6.07, 6.45) is 0. The SMILES string of the molecule is O=C(C[S@@](=O)Cc1ccc(Br)cc1)c1ccccc1. The summed E-state index contributed by atoms with van der Waals surface area (Å²) in [5.74, 6) is 0.405. The first-order chi connectivity index (χ1) is 9.15. The van der Waals surface area contributed by atoms with Crippen LogP contribution in [-0.2, 0) is 16.6 Å². The van der Waals surface area contributed by atoms with Gasteiger partial charge >= 0.3 is 0 Å². The molecular formula is C15H13BrO2S. The molecule has 0 saturated carbocycles. The average molecular weight is 337 g/mol. The van der Waals surface area contributed by atoms with Crippen LogP contribution in [0.25, 0.3) is 0 Å². The van der Waals surface area contributed by atoms with E-state index in [2.05, 4.69) is 15.9 Å². The summed E-state index contributed by atoms with van der Waals surface area (Å²) in [5.41, 5.74) is 1.59. The van der Waals surface area contributed by atoms with Crippen molar-refractivity contribution >= 4 is 32.5 Å². The first-order valence-electron chi connectivity index (χ1n) is 5.83. The van der Waals surface area contributed by atoms with Crippen LogP contribution in [0.5, 0.6) is 0 Å². The zero-order chi connectivity index (χ0) is 13.7. The lowest BCUT2D eigenvalue weighted by atomic mass is 10.2. The van der Waals surface area contributed by atoms with Crippen LogP contribution in [-0.4, -0.2) is 15.7 Å². The van der Waals surface area contributed by atoms with Crippen LogP contribution in [0.15, 0.2) is 59.1 Å². The van der Waals surface area contributed by atoms with E-state index in [0.717, 1.165) is 10.0 Å². The number of carbonyl (C=O) groups excluding carboxylic acids is 1. The summed E-state index contributed by atoms with van der Waals surface area (Å²) in [6.45, 7) is 0. The quantitative estimate of drug-likeness (QED) is 0.782. The highest BCUT2D eigenvalue weighted by Crippen LogP contribution is 2.12. The minimum absolute atomic E-state index is 0.0695. The Morgan fingerprint density at radius 2 is 1.63 bits per heavy atom. The van der Waals surface area contributed by atoms with Crippen LogP contribution in [0.1, 0.15) is 15.9 Å². The lowest BCUT2D eigenvalue weighted by molar-refractivity contribution is 0.102. The van der Waals surface area contributed by atoms with Crippen molar-refractivity contribution in [1.29, 1.82) is 0 Å². The predicted molar refractivity (Wildman–Crippen MR) is 81.6 cm³/mol. The Morgan fingerprint density at radius 1 is 1.00 bits per heavy atom. The number of carbonyl (C=O) groups is 1. The van der Waals surface area contributed by atoms with E-state index in [1.54, 1.807) is 12.1 Å². The van der Waals surface area contributed by atoms with Gasteiger partial charge in [0.15, 0.2) is 5.78 Å². The molecule has 19 heavy (non-hydrogen) atoms. The molecule has 0 N–H and O–H groups in total. The van der Waals surface area contributed by atoms with Crippen molar-refractivity contribution in [3.05, 3.63) is 70.2 Å². The number of halogens is 1. The molecule has 0 amide bonds. The van der Waals surface area contributed by atoms with Crippen LogP contribution in [0.4, 0.5) is 0 Å². The topological polar surface area (TPSA) is 34.1 Å². The highest BCUT2D eigenvalue weighted by atomic mass is 79.9. The molecule has 0 aliphatic heterocycles. The van der Waals surface area contributed by atoms with Crippen LogP contribution in [0, 0.1) is 0 Å². The molecule has 0 fully saturated rings. The van der Waals surface area contributed by atoms with Gasteiger partial charge in [0.25, 0.3) is 0 Å². The second kappa shape index (κ2) is 6.78. The zero-order valence-corrected chi connectivity index (χ0v) is 12.6. The van der Waals surface area contributed by atoms with E-state index in [4.69, 9.17) is 0 Å². The Hall–Kier alpha value is -1.26. The highest BCUT2D eigenvalue weighted by Gasteiger charge is 2.10. The number of Topliss-reactive ketones (excluding diaryl/α,β-unsaturated/α-hetero) is 1. The molecule has 0 aliphatic carbocycles. The van der Waals surface area contributed by atoms with Gasteiger partial charge in [-0.25, -0.2) is 0 Å². The van der Waals surface area contributed by atoms with E-state index in [1.165, 1.54) is 0 Å². The van der Waals surface area contributed by atoms with Crippen LogP contribution in [0.2, 0.25) is 0 Å². The fourth-order valence-corrected chi connectivity index (χ4v) is 3.06. The fraction of sp³-hybridized carbons (Fsp3) is 0.133. The first kappa shape index (κ1) is 14.2. The molecule has 2 aromatic carbocycles. The van der Waals surface area contributed by atoms with Gasteiger partial charge in [0.05, 0.1) is 5.75 Å². The maximum Gasteiger partial charge on any atom is 0.175 e. The van der Waals surface area contributed by atoms with Gasteiger partial charge in [-0.1, -0.05) is 58.4 Å². The summed E-state index contributed by atoms with van der Waals surface area (Å²) in [4.78, 5) is 11.9. The standard InChI is InChI=1S/C15H13BrO2S/c16-14-8-6-12(7-9-14)10-19(18)11-15(17)13-4-2-1-3-5-13/h1-9H,10-11H2/t19-/m0/s1. The largest absolute Gasteiger partial charge is 0.293 e. The van der Waals surface area contributed by atoms with Crippen molar-refractivity contribution in [1.82, 2.24) is 0 Å². The number of rotatable bonds is 5. The van der Waals surface area contributed by atoms with E-state index < -0.39 is 10.8 Å². The number of ketones is 1. The van der Waals surface area contributed by atoms with Crippen molar-refractivity contribution in [2.75, 3.05) is 5.75 Å². The van der Waals surface area contributed by atoms with E-state index in [9.17, 15) is 9.00 Å². The summed E-state index contributed by atoms with van der Waals surface area (Å²) < 4.78 is 12.9. The molecule has 0 unspecified atom stereocenters. The molecule has 0 spiro atoms. The number of benzene rings is 2.